The molecule has 0 aliphatic carbocycles. The summed E-state index contributed by atoms with van der Waals surface area (Å²) in [6.07, 6.45) is 2.06. The number of allylic oxidation sites excluding steroid dienone is 1. The summed E-state index contributed by atoms with van der Waals surface area (Å²) in [6.45, 7) is 10.8. The quantitative estimate of drug-likeness (QED) is 0.398. The van der Waals surface area contributed by atoms with Gasteiger partial charge in [0.05, 0.1) is 18.2 Å². The number of hydrazine groups is 1. The maximum Gasteiger partial charge on any atom is 0.0675 e. The summed E-state index contributed by atoms with van der Waals surface area (Å²) in [7, 11) is 0. The molecule has 3 nitrogen and oxygen atoms in total. The van der Waals surface area contributed by atoms with E-state index in [9.17, 15) is 0 Å². The molecule has 0 aliphatic heterocycles. The minimum absolute atomic E-state index is 0.101. The average molecular weight is 186 g/mol. The lowest BCUT2D eigenvalue weighted by molar-refractivity contribution is -0.00896. The molecule has 0 heterocycles. The second-order valence-electron chi connectivity index (χ2n) is 4.44. The Balaban J connectivity index is 3.94. The molecule has 0 amide bonds. The molecule has 3 N–H and O–H groups in total. The normalized spacial score (nSPS) is 14.0. The van der Waals surface area contributed by atoms with Crippen LogP contribution in [-0.4, -0.2) is 18.2 Å². The highest BCUT2D eigenvalue weighted by atomic mass is 16.5. The van der Waals surface area contributed by atoms with Crippen LogP contribution in [0.1, 0.15) is 34.6 Å². The SMILES string of the molecule is CC(C)=CC(COC(C)(C)C)NN. The Kier molecular flexibility index (Phi) is 5.21. The van der Waals surface area contributed by atoms with E-state index in [0.29, 0.717) is 6.61 Å². The summed E-state index contributed by atoms with van der Waals surface area (Å²) in [4.78, 5) is 0. The molecule has 0 fully saturated rings. The second kappa shape index (κ2) is 5.37. The number of nitrogens with two attached hydrogens (primary N) is 1. The van der Waals surface area contributed by atoms with Gasteiger partial charge in [0.1, 0.15) is 0 Å². The molecule has 0 aromatic heterocycles. The van der Waals surface area contributed by atoms with E-state index in [-0.39, 0.29) is 11.6 Å². The van der Waals surface area contributed by atoms with Crippen molar-refractivity contribution >= 4 is 0 Å². The van der Waals surface area contributed by atoms with Gasteiger partial charge in [0.15, 0.2) is 0 Å². The minimum Gasteiger partial charge on any atom is -0.374 e. The maximum absolute atomic E-state index is 5.60. The molecule has 3 heteroatoms. The van der Waals surface area contributed by atoms with Gasteiger partial charge in [0.25, 0.3) is 0 Å². The Morgan fingerprint density at radius 3 is 2.31 bits per heavy atom. The number of rotatable bonds is 4. The van der Waals surface area contributed by atoms with Crippen LogP contribution in [-0.2, 0) is 4.74 Å². The zero-order valence-corrected chi connectivity index (χ0v) is 9.35. The summed E-state index contributed by atoms with van der Waals surface area (Å²) >= 11 is 0. The van der Waals surface area contributed by atoms with Gasteiger partial charge in [-0.1, -0.05) is 11.6 Å². The van der Waals surface area contributed by atoms with E-state index in [1.54, 1.807) is 0 Å². The van der Waals surface area contributed by atoms with Crippen LogP contribution in [0, 0.1) is 0 Å². The highest BCUT2D eigenvalue weighted by molar-refractivity contribution is 5.00. The van der Waals surface area contributed by atoms with Crippen molar-refractivity contribution in [2.24, 2.45) is 5.84 Å². The van der Waals surface area contributed by atoms with Crippen LogP contribution in [0.25, 0.3) is 0 Å². The standard InChI is InChI=1S/C10H22N2O/c1-8(2)6-9(12-11)7-13-10(3,4)5/h6,9,12H,7,11H2,1-5H3. The van der Waals surface area contributed by atoms with Gasteiger partial charge in [-0.05, 0) is 34.6 Å². The largest absolute Gasteiger partial charge is 0.374 e. The fourth-order valence-electron chi connectivity index (χ4n) is 0.886. The van der Waals surface area contributed by atoms with Gasteiger partial charge in [-0.25, -0.2) is 0 Å². The van der Waals surface area contributed by atoms with Crippen LogP contribution in [0.5, 0.6) is 0 Å². The highest BCUT2D eigenvalue weighted by Gasteiger charge is 2.12. The Hall–Kier alpha value is -0.380. The van der Waals surface area contributed by atoms with E-state index >= 15 is 0 Å². The lowest BCUT2D eigenvalue weighted by atomic mass is 10.2. The fourth-order valence-corrected chi connectivity index (χ4v) is 0.886. The topological polar surface area (TPSA) is 47.3 Å². The van der Waals surface area contributed by atoms with Crippen molar-refractivity contribution in [2.75, 3.05) is 6.61 Å². The third kappa shape index (κ3) is 7.96. The summed E-state index contributed by atoms with van der Waals surface area (Å²) in [5.41, 5.74) is 3.83. The summed E-state index contributed by atoms with van der Waals surface area (Å²) in [5, 5.41) is 0. The number of nitrogens with one attached hydrogen (secondary N) is 1. The maximum atomic E-state index is 5.60. The van der Waals surface area contributed by atoms with Gasteiger partial charge in [-0.3, -0.25) is 11.3 Å². The van der Waals surface area contributed by atoms with E-state index in [1.807, 2.05) is 34.6 Å². The first-order valence-electron chi connectivity index (χ1n) is 4.60. The van der Waals surface area contributed by atoms with Crippen LogP contribution in [0.15, 0.2) is 11.6 Å². The Bertz CT molecular complexity index is 166. The smallest absolute Gasteiger partial charge is 0.0675 e. The van der Waals surface area contributed by atoms with Crippen molar-refractivity contribution in [1.82, 2.24) is 5.43 Å². The lowest BCUT2D eigenvalue weighted by Crippen LogP contribution is -2.39. The van der Waals surface area contributed by atoms with Crippen molar-refractivity contribution in [3.05, 3.63) is 11.6 Å². The Morgan fingerprint density at radius 2 is 2.00 bits per heavy atom. The van der Waals surface area contributed by atoms with Crippen molar-refractivity contribution in [3.8, 4) is 0 Å². The number of hydrogen-bond donors (Lipinski definition) is 2. The third-order valence-electron chi connectivity index (χ3n) is 1.44. The molecule has 13 heavy (non-hydrogen) atoms. The summed E-state index contributed by atoms with van der Waals surface area (Å²) in [6, 6.07) is 0.101. The molecule has 0 saturated heterocycles. The van der Waals surface area contributed by atoms with Crippen LogP contribution >= 0.6 is 0 Å². The van der Waals surface area contributed by atoms with Crippen LogP contribution in [0.3, 0.4) is 0 Å². The molecular formula is C10H22N2O. The van der Waals surface area contributed by atoms with Gasteiger partial charge in [0.2, 0.25) is 0 Å². The predicted octanol–water partition coefficient (Wildman–Crippen LogP) is 1.60. The molecule has 0 saturated carbocycles. The van der Waals surface area contributed by atoms with E-state index in [0.717, 1.165) is 0 Å². The fraction of sp³-hybridized carbons (Fsp3) is 0.800. The van der Waals surface area contributed by atoms with E-state index < -0.39 is 0 Å². The van der Waals surface area contributed by atoms with Gasteiger partial charge in [0, 0.05) is 0 Å². The van der Waals surface area contributed by atoms with Crippen molar-refractivity contribution in [1.29, 1.82) is 0 Å². The number of hydrogen-bond acceptors (Lipinski definition) is 3. The van der Waals surface area contributed by atoms with Crippen LogP contribution in [0.4, 0.5) is 0 Å². The molecule has 0 aromatic rings. The van der Waals surface area contributed by atoms with E-state index in [1.165, 1.54) is 5.57 Å². The zero-order chi connectivity index (χ0) is 10.5. The first kappa shape index (κ1) is 12.6. The zero-order valence-electron chi connectivity index (χ0n) is 9.35. The molecule has 0 aliphatic rings. The van der Waals surface area contributed by atoms with Crippen molar-refractivity contribution in [3.63, 3.8) is 0 Å². The van der Waals surface area contributed by atoms with Gasteiger partial charge >= 0.3 is 0 Å². The molecule has 0 bridgehead atoms. The van der Waals surface area contributed by atoms with Crippen molar-refractivity contribution < 1.29 is 4.74 Å². The molecule has 1 atom stereocenters. The molecule has 78 valence electrons. The van der Waals surface area contributed by atoms with Crippen LogP contribution < -0.4 is 11.3 Å². The molecule has 1 unspecified atom stereocenters. The first-order chi connectivity index (χ1) is 5.85. The molecular weight excluding hydrogens is 164 g/mol. The monoisotopic (exact) mass is 186 g/mol. The van der Waals surface area contributed by atoms with Crippen molar-refractivity contribution in [2.45, 2.75) is 46.3 Å². The van der Waals surface area contributed by atoms with Gasteiger partial charge < -0.3 is 4.74 Å². The van der Waals surface area contributed by atoms with E-state index in [2.05, 4.69) is 11.5 Å². The Labute approximate surface area is 81.3 Å². The molecule has 0 spiro atoms. The summed E-state index contributed by atoms with van der Waals surface area (Å²) in [5.74, 6) is 5.38. The second-order valence-corrected chi connectivity index (χ2v) is 4.44. The van der Waals surface area contributed by atoms with Gasteiger partial charge in [-0.2, -0.15) is 0 Å². The molecule has 0 rings (SSSR count). The number of ether oxygens (including phenoxy) is 1. The minimum atomic E-state index is -0.107. The Morgan fingerprint density at radius 1 is 1.46 bits per heavy atom. The molecule has 0 radical (unpaired) electrons. The molecule has 0 aromatic carbocycles. The van der Waals surface area contributed by atoms with Crippen LogP contribution in [0.2, 0.25) is 0 Å². The predicted molar refractivity (Wildman–Crippen MR) is 56.2 cm³/mol. The van der Waals surface area contributed by atoms with Gasteiger partial charge in [-0.15, -0.1) is 0 Å². The first-order valence-corrected chi connectivity index (χ1v) is 4.60. The highest BCUT2D eigenvalue weighted by Crippen LogP contribution is 2.07. The summed E-state index contributed by atoms with van der Waals surface area (Å²) < 4.78 is 5.60. The third-order valence-corrected chi connectivity index (χ3v) is 1.44. The van der Waals surface area contributed by atoms with E-state index in [4.69, 9.17) is 10.6 Å². The average Bonchev–Trinajstić information content (AvgIpc) is 1.95. The lowest BCUT2D eigenvalue weighted by Gasteiger charge is -2.22.